The normalized spacial score (nSPS) is 16.9. The maximum absolute atomic E-state index is 12.7. The number of sulfonamides is 1. The molecule has 1 aliphatic heterocycles. The summed E-state index contributed by atoms with van der Waals surface area (Å²) in [6, 6.07) is 4.29. The lowest BCUT2D eigenvalue weighted by Crippen LogP contribution is -2.51. The van der Waals surface area contributed by atoms with Crippen molar-refractivity contribution in [2.75, 3.05) is 31.9 Å². The van der Waals surface area contributed by atoms with Gasteiger partial charge in [-0.05, 0) is 39.0 Å². The van der Waals surface area contributed by atoms with Gasteiger partial charge in [0.1, 0.15) is 10.5 Å². The summed E-state index contributed by atoms with van der Waals surface area (Å²) in [5.74, 6) is 0. The highest BCUT2D eigenvalue weighted by atomic mass is 35.5. The molecule has 7 nitrogen and oxygen atoms in total. The minimum Gasteiger partial charge on any atom is -0.444 e. The zero-order valence-electron chi connectivity index (χ0n) is 14.0. The number of carbonyl (C=O) groups excluding carboxylic acids is 1. The van der Waals surface area contributed by atoms with Gasteiger partial charge < -0.3 is 15.4 Å². The summed E-state index contributed by atoms with van der Waals surface area (Å²) in [5.41, 5.74) is 5.31. The number of piperazine rings is 1. The van der Waals surface area contributed by atoms with Crippen LogP contribution in [0.4, 0.5) is 10.5 Å². The predicted molar refractivity (Wildman–Crippen MR) is 92.4 cm³/mol. The fourth-order valence-corrected chi connectivity index (χ4v) is 4.03. The van der Waals surface area contributed by atoms with Crippen LogP contribution < -0.4 is 5.73 Å². The van der Waals surface area contributed by atoms with Crippen molar-refractivity contribution in [3.05, 3.63) is 23.2 Å². The lowest BCUT2D eigenvalue weighted by atomic mass is 10.2. The number of amides is 1. The van der Waals surface area contributed by atoms with E-state index in [4.69, 9.17) is 22.1 Å². The Hall–Kier alpha value is -1.51. The zero-order valence-corrected chi connectivity index (χ0v) is 15.5. The smallest absolute Gasteiger partial charge is 0.410 e. The van der Waals surface area contributed by atoms with Crippen molar-refractivity contribution < 1.29 is 17.9 Å². The minimum absolute atomic E-state index is 0.0256. The molecule has 0 bridgehead atoms. The standard InChI is InChI=1S/C15H22ClN3O4S/c1-15(2,3)23-14(20)18-6-8-19(9-7-18)24(21,22)13-5-4-11(16)10-12(13)17/h4-5,10H,6-9,17H2,1-3H3. The largest absolute Gasteiger partial charge is 0.444 e. The Morgan fingerprint density at radius 2 is 1.79 bits per heavy atom. The summed E-state index contributed by atoms with van der Waals surface area (Å²) in [5, 5.41) is 0.376. The molecule has 1 heterocycles. The molecule has 1 aliphatic rings. The van der Waals surface area contributed by atoms with Crippen molar-refractivity contribution >= 4 is 33.4 Å². The fourth-order valence-electron chi connectivity index (χ4n) is 2.33. The molecule has 1 fully saturated rings. The van der Waals surface area contributed by atoms with Gasteiger partial charge in [0.05, 0.1) is 5.69 Å². The van der Waals surface area contributed by atoms with Gasteiger partial charge >= 0.3 is 6.09 Å². The van der Waals surface area contributed by atoms with E-state index in [9.17, 15) is 13.2 Å². The van der Waals surface area contributed by atoms with Crippen LogP contribution in [0, 0.1) is 0 Å². The molecule has 0 aliphatic carbocycles. The first-order valence-electron chi connectivity index (χ1n) is 7.54. The molecule has 1 amide bonds. The van der Waals surface area contributed by atoms with E-state index in [1.165, 1.54) is 27.4 Å². The summed E-state index contributed by atoms with van der Waals surface area (Å²) < 4.78 is 32.0. The summed E-state index contributed by atoms with van der Waals surface area (Å²) in [6.45, 7) is 6.26. The third-order valence-electron chi connectivity index (χ3n) is 3.48. The Bertz CT molecular complexity index is 723. The minimum atomic E-state index is -3.72. The maximum Gasteiger partial charge on any atom is 0.410 e. The molecular weight excluding hydrogens is 354 g/mol. The van der Waals surface area contributed by atoms with E-state index in [0.29, 0.717) is 5.02 Å². The van der Waals surface area contributed by atoms with E-state index >= 15 is 0 Å². The maximum atomic E-state index is 12.7. The Labute approximate surface area is 147 Å². The highest BCUT2D eigenvalue weighted by molar-refractivity contribution is 7.89. The van der Waals surface area contributed by atoms with Crippen molar-refractivity contribution in [2.45, 2.75) is 31.3 Å². The number of nitrogen functional groups attached to an aromatic ring is 1. The molecule has 24 heavy (non-hydrogen) atoms. The number of nitrogens with zero attached hydrogens (tertiary/aromatic N) is 2. The number of hydrogen-bond donors (Lipinski definition) is 1. The number of rotatable bonds is 2. The van der Waals surface area contributed by atoms with E-state index in [1.807, 2.05) is 0 Å². The monoisotopic (exact) mass is 375 g/mol. The topological polar surface area (TPSA) is 92.9 Å². The summed E-state index contributed by atoms with van der Waals surface area (Å²) in [7, 11) is -3.72. The highest BCUT2D eigenvalue weighted by Crippen LogP contribution is 2.26. The summed E-state index contributed by atoms with van der Waals surface area (Å²) >= 11 is 5.81. The molecule has 1 aromatic rings. The quantitative estimate of drug-likeness (QED) is 0.799. The van der Waals surface area contributed by atoms with Crippen LogP contribution in [0.25, 0.3) is 0 Å². The van der Waals surface area contributed by atoms with E-state index < -0.39 is 21.7 Å². The van der Waals surface area contributed by atoms with E-state index in [2.05, 4.69) is 0 Å². The van der Waals surface area contributed by atoms with Gasteiger partial charge in [-0.15, -0.1) is 0 Å². The number of hydrogen-bond acceptors (Lipinski definition) is 5. The van der Waals surface area contributed by atoms with Crippen molar-refractivity contribution in [3.63, 3.8) is 0 Å². The van der Waals surface area contributed by atoms with Gasteiger partial charge in [0.2, 0.25) is 10.0 Å². The lowest BCUT2D eigenvalue weighted by molar-refractivity contribution is 0.0192. The molecule has 1 aromatic carbocycles. The highest BCUT2D eigenvalue weighted by Gasteiger charge is 2.32. The number of carbonyl (C=O) groups is 1. The van der Waals surface area contributed by atoms with Crippen LogP contribution in [0.2, 0.25) is 5.02 Å². The number of anilines is 1. The number of halogens is 1. The SMILES string of the molecule is CC(C)(C)OC(=O)N1CCN(S(=O)(=O)c2ccc(Cl)cc2N)CC1. The lowest BCUT2D eigenvalue weighted by Gasteiger charge is -2.35. The second kappa shape index (κ2) is 6.78. The third kappa shape index (κ3) is 4.31. The molecule has 1 saturated heterocycles. The number of nitrogens with two attached hydrogens (primary N) is 1. The van der Waals surface area contributed by atoms with Gasteiger partial charge in [-0.3, -0.25) is 0 Å². The Kier molecular flexibility index (Phi) is 5.31. The first-order valence-corrected chi connectivity index (χ1v) is 9.35. The molecule has 0 radical (unpaired) electrons. The molecule has 0 atom stereocenters. The van der Waals surface area contributed by atoms with Crippen LogP contribution in [-0.2, 0) is 14.8 Å². The van der Waals surface area contributed by atoms with E-state index in [0.717, 1.165) is 0 Å². The van der Waals surface area contributed by atoms with Crippen LogP contribution in [0.3, 0.4) is 0 Å². The van der Waals surface area contributed by atoms with Gasteiger partial charge in [-0.25, -0.2) is 13.2 Å². The van der Waals surface area contributed by atoms with Crippen molar-refractivity contribution in [3.8, 4) is 0 Å². The van der Waals surface area contributed by atoms with Gasteiger partial charge in [-0.1, -0.05) is 11.6 Å². The van der Waals surface area contributed by atoms with Crippen LogP contribution >= 0.6 is 11.6 Å². The molecule has 2 N–H and O–H groups in total. The molecule has 0 spiro atoms. The average Bonchev–Trinajstić information content (AvgIpc) is 2.45. The first-order chi connectivity index (χ1) is 11.0. The Balaban J connectivity index is 2.07. The fraction of sp³-hybridized carbons (Fsp3) is 0.533. The predicted octanol–water partition coefficient (Wildman–Crippen LogP) is 2.16. The second-order valence-corrected chi connectivity index (χ2v) is 8.90. The average molecular weight is 376 g/mol. The molecule has 0 unspecified atom stereocenters. The van der Waals surface area contributed by atoms with Crippen LogP contribution in [0.15, 0.2) is 23.1 Å². The van der Waals surface area contributed by atoms with Crippen molar-refractivity contribution in [2.24, 2.45) is 0 Å². The first kappa shape index (κ1) is 18.8. The van der Waals surface area contributed by atoms with Gasteiger partial charge in [-0.2, -0.15) is 4.31 Å². The Morgan fingerprint density at radius 3 is 2.29 bits per heavy atom. The zero-order chi connectivity index (χ0) is 18.1. The number of ether oxygens (including phenoxy) is 1. The molecule has 2 rings (SSSR count). The van der Waals surface area contributed by atoms with Gasteiger partial charge in [0.25, 0.3) is 0 Å². The molecule has 0 aromatic heterocycles. The second-order valence-electron chi connectivity index (χ2n) is 6.55. The molecule has 0 saturated carbocycles. The molecule has 134 valence electrons. The molecule has 9 heteroatoms. The van der Waals surface area contributed by atoms with Crippen LogP contribution in [-0.4, -0.2) is 55.5 Å². The van der Waals surface area contributed by atoms with Crippen LogP contribution in [0.5, 0.6) is 0 Å². The van der Waals surface area contributed by atoms with E-state index in [-0.39, 0.29) is 36.8 Å². The number of benzene rings is 1. The van der Waals surface area contributed by atoms with Gasteiger partial charge in [0, 0.05) is 31.2 Å². The van der Waals surface area contributed by atoms with Crippen molar-refractivity contribution in [1.82, 2.24) is 9.21 Å². The summed E-state index contributed by atoms with van der Waals surface area (Å²) in [6.07, 6.45) is -0.439. The van der Waals surface area contributed by atoms with E-state index in [1.54, 1.807) is 20.8 Å². The summed E-state index contributed by atoms with van der Waals surface area (Å²) in [4.78, 5) is 13.6. The van der Waals surface area contributed by atoms with Gasteiger partial charge in [0.15, 0.2) is 0 Å². The van der Waals surface area contributed by atoms with Crippen LogP contribution in [0.1, 0.15) is 20.8 Å². The molecular formula is C15H22ClN3O4S. The third-order valence-corrected chi connectivity index (χ3v) is 5.69. The Morgan fingerprint density at radius 1 is 1.21 bits per heavy atom. The van der Waals surface area contributed by atoms with Crippen molar-refractivity contribution in [1.29, 1.82) is 0 Å².